The number of sulfonamides is 1. The largest absolute Gasteiger partial charge is 0.212 e. The maximum Gasteiger partial charge on any atom is 0.212 e. The van der Waals surface area contributed by atoms with Crippen molar-refractivity contribution < 1.29 is 8.42 Å². The molecule has 0 aromatic rings. The molecule has 1 saturated heterocycles. The van der Waals surface area contributed by atoms with E-state index in [1.54, 1.807) is 0 Å². The van der Waals surface area contributed by atoms with Gasteiger partial charge >= 0.3 is 0 Å². The average molecular weight is 215 g/mol. The molecule has 3 rings (SSSR count). The minimum absolute atomic E-state index is 0.0521. The fourth-order valence-corrected chi connectivity index (χ4v) is 6.42. The van der Waals surface area contributed by atoms with Gasteiger partial charge in [-0.2, -0.15) is 0 Å². The van der Waals surface area contributed by atoms with Crippen molar-refractivity contribution in [3.63, 3.8) is 0 Å². The Morgan fingerprint density at radius 2 is 2.07 bits per heavy atom. The van der Waals surface area contributed by atoms with E-state index in [2.05, 4.69) is 18.6 Å². The zero-order chi connectivity index (χ0) is 10.2. The number of fused-ring (bicyclic) bond motifs is 1. The Morgan fingerprint density at radius 1 is 1.36 bits per heavy atom. The highest BCUT2D eigenvalue weighted by Crippen LogP contribution is 2.67. The third-order valence-corrected chi connectivity index (χ3v) is 6.74. The highest BCUT2D eigenvalue weighted by atomic mass is 32.2. The van der Waals surface area contributed by atoms with Gasteiger partial charge in [0.05, 0.1) is 5.75 Å². The average Bonchev–Trinajstić information content (AvgIpc) is 2.50. The highest BCUT2D eigenvalue weighted by molar-refractivity contribution is 7.89. The summed E-state index contributed by atoms with van der Waals surface area (Å²) in [4.78, 5) is 0. The Morgan fingerprint density at radius 3 is 2.64 bits per heavy atom. The van der Waals surface area contributed by atoms with Crippen molar-refractivity contribution in [2.75, 3.05) is 5.75 Å². The molecule has 2 aliphatic carbocycles. The molecule has 1 spiro atoms. The normalized spacial score (nSPS) is 52.1. The van der Waals surface area contributed by atoms with Gasteiger partial charge < -0.3 is 0 Å². The maximum absolute atomic E-state index is 11.6. The molecule has 0 aromatic heterocycles. The van der Waals surface area contributed by atoms with Crippen molar-refractivity contribution in [1.29, 1.82) is 0 Å². The summed E-state index contributed by atoms with van der Waals surface area (Å²) >= 11 is 0. The molecule has 1 unspecified atom stereocenters. The van der Waals surface area contributed by atoms with E-state index < -0.39 is 10.0 Å². The summed E-state index contributed by atoms with van der Waals surface area (Å²) in [7, 11) is -2.97. The smallest absolute Gasteiger partial charge is 0.212 e. The molecule has 80 valence electrons. The van der Waals surface area contributed by atoms with Crippen molar-refractivity contribution in [3.8, 4) is 0 Å². The van der Waals surface area contributed by atoms with Crippen molar-refractivity contribution >= 4 is 10.0 Å². The lowest BCUT2D eigenvalue weighted by Crippen LogP contribution is -2.39. The topological polar surface area (TPSA) is 46.2 Å². The van der Waals surface area contributed by atoms with Crippen LogP contribution in [0.15, 0.2) is 0 Å². The molecule has 3 nitrogen and oxygen atoms in total. The Bertz CT molecular complexity index is 387. The van der Waals surface area contributed by atoms with Gasteiger partial charge in [-0.1, -0.05) is 13.8 Å². The summed E-state index contributed by atoms with van der Waals surface area (Å²) in [6, 6.07) is 0.237. The molecule has 1 aliphatic heterocycles. The van der Waals surface area contributed by atoms with Gasteiger partial charge in [-0.15, -0.1) is 0 Å². The quantitative estimate of drug-likeness (QED) is 0.658. The molecule has 0 aromatic carbocycles. The van der Waals surface area contributed by atoms with Gasteiger partial charge in [0, 0.05) is 11.5 Å². The maximum atomic E-state index is 11.6. The molecule has 3 aliphatic rings. The molecular formula is C10H17NO2S. The fourth-order valence-electron chi connectivity index (χ4n) is 4.18. The second-order valence-electron chi connectivity index (χ2n) is 5.78. The van der Waals surface area contributed by atoms with Crippen molar-refractivity contribution in [2.24, 2.45) is 16.7 Å². The Balaban J connectivity index is 2.13. The van der Waals surface area contributed by atoms with Crippen molar-refractivity contribution in [2.45, 2.75) is 39.2 Å². The van der Waals surface area contributed by atoms with Crippen LogP contribution in [0.3, 0.4) is 0 Å². The van der Waals surface area contributed by atoms with Gasteiger partial charge in [0.15, 0.2) is 0 Å². The first-order chi connectivity index (χ1) is 6.37. The summed E-state index contributed by atoms with van der Waals surface area (Å²) in [6.07, 6.45) is 3.38. The lowest BCUT2D eigenvalue weighted by Gasteiger charge is -2.36. The van der Waals surface area contributed by atoms with E-state index in [9.17, 15) is 8.42 Å². The lowest BCUT2D eigenvalue weighted by molar-refractivity contribution is 0.146. The van der Waals surface area contributed by atoms with Gasteiger partial charge in [-0.25, -0.2) is 13.1 Å². The van der Waals surface area contributed by atoms with E-state index in [-0.39, 0.29) is 16.9 Å². The van der Waals surface area contributed by atoms with Crippen LogP contribution < -0.4 is 4.72 Å². The number of hydrogen-bond acceptors (Lipinski definition) is 2. The molecule has 4 heteroatoms. The van der Waals surface area contributed by atoms with Gasteiger partial charge in [-0.3, -0.25) is 0 Å². The SMILES string of the molecule is CC1(C)[C@H]2CC[C@@]13CS(=O)(=O)NC3C2. The van der Waals surface area contributed by atoms with Crippen LogP contribution >= 0.6 is 0 Å². The second kappa shape index (κ2) is 2.19. The molecule has 1 N–H and O–H groups in total. The molecule has 2 bridgehead atoms. The summed E-state index contributed by atoms with van der Waals surface area (Å²) in [5, 5.41) is 0. The Kier molecular flexibility index (Phi) is 1.43. The summed E-state index contributed by atoms with van der Waals surface area (Å²) < 4.78 is 26.0. The molecule has 14 heavy (non-hydrogen) atoms. The first-order valence-electron chi connectivity index (χ1n) is 5.37. The molecule has 2 saturated carbocycles. The number of nitrogens with one attached hydrogen (secondary N) is 1. The van der Waals surface area contributed by atoms with Gasteiger partial charge in [0.2, 0.25) is 10.0 Å². The fraction of sp³-hybridized carbons (Fsp3) is 1.00. The van der Waals surface area contributed by atoms with E-state index in [1.165, 1.54) is 6.42 Å². The molecule has 1 heterocycles. The predicted octanol–water partition coefficient (Wildman–Crippen LogP) is 1.11. The summed E-state index contributed by atoms with van der Waals surface area (Å²) in [5.41, 5.74) is 0.269. The van der Waals surface area contributed by atoms with Crippen LogP contribution in [0.2, 0.25) is 0 Å². The van der Waals surface area contributed by atoms with Crippen LogP contribution in [0.25, 0.3) is 0 Å². The van der Waals surface area contributed by atoms with Crippen LogP contribution in [-0.2, 0) is 10.0 Å². The third-order valence-electron chi connectivity index (χ3n) is 5.20. The van der Waals surface area contributed by atoms with Crippen LogP contribution in [0.5, 0.6) is 0 Å². The van der Waals surface area contributed by atoms with Gasteiger partial charge in [-0.05, 0) is 30.6 Å². The number of hydrogen-bond donors (Lipinski definition) is 1. The molecule has 0 amide bonds. The standard InChI is InChI=1S/C10H17NO2S/c1-9(2)7-3-4-10(9)6-14(12,13)11-8(10)5-7/h7-8,11H,3-6H2,1-2H3/t7-,8?,10-/m0/s1. The van der Waals surface area contributed by atoms with Gasteiger partial charge in [0.1, 0.15) is 0 Å². The Labute approximate surface area is 85.3 Å². The van der Waals surface area contributed by atoms with Crippen molar-refractivity contribution in [3.05, 3.63) is 0 Å². The minimum Gasteiger partial charge on any atom is -0.212 e. The lowest BCUT2D eigenvalue weighted by atomic mass is 9.69. The van der Waals surface area contributed by atoms with E-state index in [0.29, 0.717) is 5.75 Å². The van der Waals surface area contributed by atoms with E-state index in [4.69, 9.17) is 0 Å². The number of rotatable bonds is 0. The zero-order valence-corrected chi connectivity index (χ0v) is 9.52. The Hall–Kier alpha value is -0.0900. The molecule has 3 atom stereocenters. The van der Waals surface area contributed by atoms with Crippen LogP contribution in [0.1, 0.15) is 33.1 Å². The molecular weight excluding hydrogens is 198 g/mol. The van der Waals surface area contributed by atoms with Crippen LogP contribution in [-0.4, -0.2) is 20.2 Å². The summed E-state index contributed by atoms with van der Waals surface area (Å²) in [5.74, 6) is 1.10. The highest BCUT2D eigenvalue weighted by Gasteiger charge is 2.68. The van der Waals surface area contributed by atoms with Crippen molar-refractivity contribution in [1.82, 2.24) is 4.72 Å². The van der Waals surface area contributed by atoms with E-state index in [1.807, 2.05) is 0 Å². The van der Waals surface area contributed by atoms with Crippen LogP contribution in [0.4, 0.5) is 0 Å². The predicted molar refractivity (Wildman–Crippen MR) is 54.3 cm³/mol. The third kappa shape index (κ3) is 0.807. The minimum atomic E-state index is -2.97. The van der Waals surface area contributed by atoms with Crippen LogP contribution in [0, 0.1) is 16.7 Å². The zero-order valence-electron chi connectivity index (χ0n) is 8.71. The monoisotopic (exact) mass is 215 g/mol. The van der Waals surface area contributed by atoms with E-state index >= 15 is 0 Å². The van der Waals surface area contributed by atoms with E-state index in [0.717, 1.165) is 18.8 Å². The van der Waals surface area contributed by atoms with Gasteiger partial charge in [0.25, 0.3) is 0 Å². The first-order valence-corrected chi connectivity index (χ1v) is 7.03. The second-order valence-corrected chi connectivity index (χ2v) is 7.53. The summed E-state index contributed by atoms with van der Waals surface area (Å²) in [6.45, 7) is 4.51. The first kappa shape index (κ1) is 9.16. The molecule has 0 radical (unpaired) electrons. The molecule has 3 fully saturated rings.